The fourth-order valence-electron chi connectivity index (χ4n) is 2.55. The summed E-state index contributed by atoms with van der Waals surface area (Å²) in [5, 5.41) is 5.39. The second kappa shape index (κ2) is 15.3. The van der Waals surface area contributed by atoms with Crippen molar-refractivity contribution in [1.29, 1.82) is 0 Å². The van der Waals surface area contributed by atoms with Gasteiger partial charge < -0.3 is 39.3 Å². The number of ketones is 1. The molecule has 0 rings (SSSR count). The molecule has 0 fully saturated rings. The van der Waals surface area contributed by atoms with Crippen LogP contribution in [-0.2, 0) is 25.3 Å². The Kier molecular flexibility index (Phi) is 14.0. The Labute approximate surface area is 186 Å². The Morgan fingerprint density at radius 1 is 0.839 bits per heavy atom. The maximum Gasteiger partial charge on any atom is 0.243 e. The Morgan fingerprint density at radius 3 is 1.71 bits per heavy atom. The van der Waals surface area contributed by atoms with E-state index in [4.69, 9.17) is 28.7 Å². The van der Waals surface area contributed by atoms with Gasteiger partial charge in [-0.1, -0.05) is 0 Å². The van der Waals surface area contributed by atoms with E-state index in [1.807, 2.05) is 12.5 Å². The Morgan fingerprint density at radius 2 is 1.29 bits per heavy atom. The third kappa shape index (κ3) is 14.2. The van der Waals surface area contributed by atoms with E-state index in [1.54, 1.807) is 0 Å². The first-order chi connectivity index (χ1) is 14.4. The number of amides is 2. The number of Topliss-reactive ketones (excluding diaryl/α,β-unsaturated/α-hetero) is 1. The summed E-state index contributed by atoms with van der Waals surface area (Å²) < 4.78 is 0. The molecule has 178 valence electrons. The van der Waals surface area contributed by atoms with Crippen LogP contribution in [0.1, 0.15) is 32.6 Å². The van der Waals surface area contributed by atoms with Crippen LogP contribution < -0.4 is 39.3 Å². The predicted molar refractivity (Wildman–Crippen MR) is 126 cm³/mol. The molecule has 0 aliphatic rings. The SMILES string of the molecule is CC(N)C(=O)NC(CCCN=C(N)N)C(=O)NC(CCCN=C(N)N)C(=O)C[S+](C)C. The topological polar surface area (TPSA) is 230 Å². The molecule has 0 aromatic heterocycles. The zero-order valence-electron chi connectivity index (χ0n) is 18.6. The van der Waals surface area contributed by atoms with Crippen molar-refractivity contribution in [3.05, 3.63) is 0 Å². The highest BCUT2D eigenvalue weighted by Crippen LogP contribution is 2.06. The van der Waals surface area contributed by atoms with Gasteiger partial charge in [-0.2, -0.15) is 0 Å². The fourth-order valence-corrected chi connectivity index (χ4v) is 3.32. The number of nitrogens with one attached hydrogen (secondary N) is 2. The highest BCUT2D eigenvalue weighted by molar-refractivity contribution is 7.96. The third-order valence-corrected chi connectivity index (χ3v) is 4.94. The zero-order chi connectivity index (χ0) is 24.0. The standard InChI is InChI=1S/C18H37N9O3S/c1-11(19)15(29)27-13(7-5-9-25-18(22)23)16(30)26-12(14(28)10-31(2)3)6-4-8-24-17(20)21/h11-13H,4-10,19H2,1-3H3,(H9-,20,21,22,23,24,25,26,27,29,30)/p+1. The number of guanidine groups is 2. The van der Waals surface area contributed by atoms with Gasteiger partial charge in [0.1, 0.15) is 6.04 Å². The molecule has 0 aliphatic heterocycles. The van der Waals surface area contributed by atoms with Gasteiger partial charge in [-0.15, -0.1) is 0 Å². The van der Waals surface area contributed by atoms with Crippen molar-refractivity contribution in [3.8, 4) is 0 Å². The molecule has 0 heterocycles. The van der Waals surface area contributed by atoms with E-state index in [0.29, 0.717) is 38.1 Å². The molecule has 0 saturated carbocycles. The number of hydrogen-bond acceptors (Lipinski definition) is 6. The maximum atomic E-state index is 12.9. The molecule has 3 unspecified atom stereocenters. The van der Waals surface area contributed by atoms with E-state index in [1.165, 1.54) is 6.92 Å². The van der Waals surface area contributed by atoms with Crippen molar-refractivity contribution in [1.82, 2.24) is 10.6 Å². The lowest BCUT2D eigenvalue weighted by atomic mass is 10.1. The monoisotopic (exact) mass is 460 g/mol. The molecular formula is C18H38N9O3S+. The Bertz CT molecular complexity index is 645. The molecule has 31 heavy (non-hydrogen) atoms. The highest BCUT2D eigenvalue weighted by Gasteiger charge is 2.28. The van der Waals surface area contributed by atoms with Crippen molar-refractivity contribution in [2.75, 3.05) is 31.4 Å². The molecule has 0 spiro atoms. The van der Waals surface area contributed by atoms with E-state index in [2.05, 4.69) is 20.6 Å². The van der Waals surface area contributed by atoms with Crippen LogP contribution in [0.2, 0.25) is 0 Å². The summed E-state index contributed by atoms with van der Waals surface area (Å²) in [6.45, 7) is 2.16. The average Bonchev–Trinajstić information content (AvgIpc) is 2.64. The molecule has 2 amide bonds. The van der Waals surface area contributed by atoms with Gasteiger partial charge in [0.15, 0.2) is 17.7 Å². The fraction of sp³-hybridized carbons (Fsp3) is 0.722. The smallest absolute Gasteiger partial charge is 0.243 e. The van der Waals surface area contributed by atoms with Gasteiger partial charge in [0, 0.05) is 13.1 Å². The quantitative estimate of drug-likeness (QED) is 0.0569. The van der Waals surface area contributed by atoms with Gasteiger partial charge >= 0.3 is 0 Å². The molecular weight excluding hydrogens is 422 g/mol. The largest absolute Gasteiger partial charge is 0.370 e. The first kappa shape index (κ1) is 28.5. The zero-order valence-corrected chi connectivity index (χ0v) is 19.4. The summed E-state index contributed by atoms with van der Waals surface area (Å²) in [6.07, 6.45) is 5.52. The first-order valence-corrected chi connectivity index (χ1v) is 12.2. The molecule has 0 aliphatic carbocycles. The van der Waals surface area contributed by atoms with Crippen LogP contribution in [0.3, 0.4) is 0 Å². The molecule has 3 atom stereocenters. The predicted octanol–water partition coefficient (Wildman–Crippen LogP) is -3.14. The summed E-state index contributed by atoms with van der Waals surface area (Å²) in [5.41, 5.74) is 26.9. The second-order valence-corrected chi connectivity index (χ2v) is 9.66. The van der Waals surface area contributed by atoms with E-state index >= 15 is 0 Å². The second-order valence-electron chi connectivity index (χ2n) is 7.40. The molecule has 13 heteroatoms. The van der Waals surface area contributed by atoms with Gasteiger partial charge in [0.25, 0.3) is 0 Å². The molecule has 0 saturated heterocycles. The van der Waals surface area contributed by atoms with E-state index in [-0.39, 0.29) is 35.0 Å². The molecule has 0 radical (unpaired) electrons. The number of rotatable bonds is 15. The van der Waals surface area contributed by atoms with Gasteiger partial charge in [-0.25, -0.2) is 0 Å². The van der Waals surface area contributed by atoms with Gasteiger partial charge in [-0.3, -0.25) is 24.4 Å². The van der Waals surface area contributed by atoms with E-state index in [9.17, 15) is 14.4 Å². The molecule has 0 aromatic carbocycles. The van der Waals surface area contributed by atoms with Crippen molar-refractivity contribution >= 4 is 40.4 Å². The number of nitrogens with zero attached hydrogens (tertiary/aromatic N) is 2. The number of carbonyl (C=O) groups excluding carboxylic acids is 3. The van der Waals surface area contributed by atoms with Crippen molar-refractivity contribution in [2.24, 2.45) is 38.7 Å². The van der Waals surface area contributed by atoms with Crippen LogP contribution in [0.5, 0.6) is 0 Å². The van der Waals surface area contributed by atoms with Crippen molar-refractivity contribution in [3.63, 3.8) is 0 Å². The van der Waals surface area contributed by atoms with Crippen LogP contribution in [0, 0.1) is 0 Å². The third-order valence-electron chi connectivity index (χ3n) is 4.07. The van der Waals surface area contributed by atoms with E-state index < -0.39 is 29.9 Å². The molecule has 12 nitrogen and oxygen atoms in total. The summed E-state index contributed by atoms with van der Waals surface area (Å²) in [4.78, 5) is 45.4. The number of nitrogens with two attached hydrogens (primary N) is 5. The highest BCUT2D eigenvalue weighted by atomic mass is 32.2. The van der Waals surface area contributed by atoms with Crippen LogP contribution in [0.4, 0.5) is 0 Å². The number of carbonyl (C=O) groups is 3. The normalized spacial score (nSPS) is 13.6. The van der Waals surface area contributed by atoms with Crippen LogP contribution in [0.25, 0.3) is 0 Å². The van der Waals surface area contributed by atoms with E-state index in [0.717, 1.165) is 0 Å². The van der Waals surface area contributed by atoms with Crippen LogP contribution in [0.15, 0.2) is 9.98 Å². The molecule has 0 aromatic rings. The summed E-state index contributed by atoms with van der Waals surface area (Å²) >= 11 is 0. The summed E-state index contributed by atoms with van der Waals surface area (Å²) in [6, 6.07) is -2.36. The first-order valence-electron chi connectivity index (χ1n) is 9.98. The lowest BCUT2D eigenvalue weighted by Crippen LogP contribution is -2.54. The minimum atomic E-state index is -0.873. The minimum absolute atomic E-state index is 0.0324. The Balaban J connectivity index is 5.24. The maximum absolute atomic E-state index is 12.9. The van der Waals surface area contributed by atoms with Crippen LogP contribution >= 0.6 is 0 Å². The summed E-state index contributed by atoms with van der Waals surface area (Å²) in [5.74, 6) is -0.762. The van der Waals surface area contributed by atoms with Gasteiger partial charge in [0.2, 0.25) is 17.6 Å². The number of hydrogen-bond donors (Lipinski definition) is 7. The minimum Gasteiger partial charge on any atom is -0.370 e. The van der Waals surface area contributed by atoms with Crippen molar-refractivity contribution < 1.29 is 14.4 Å². The molecule has 12 N–H and O–H groups in total. The average molecular weight is 461 g/mol. The van der Waals surface area contributed by atoms with Gasteiger partial charge in [-0.05, 0) is 43.5 Å². The Hall–Kier alpha value is -2.54. The van der Waals surface area contributed by atoms with Crippen molar-refractivity contribution in [2.45, 2.75) is 50.7 Å². The van der Waals surface area contributed by atoms with Gasteiger partial charge in [0.05, 0.1) is 24.6 Å². The lowest BCUT2D eigenvalue weighted by molar-refractivity contribution is -0.131. The lowest BCUT2D eigenvalue weighted by Gasteiger charge is -2.23. The van der Waals surface area contributed by atoms with Crippen LogP contribution in [-0.4, -0.2) is 79.0 Å². The summed E-state index contributed by atoms with van der Waals surface area (Å²) in [7, 11) is -0.125. The number of aliphatic imine (C=N–C) groups is 2. The molecule has 0 bridgehead atoms.